The van der Waals surface area contributed by atoms with Crippen molar-refractivity contribution in [2.75, 3.05) is 11.9 Å². The minimum atomic E-state index is -0.742. The Morgan fingerprint density at radius 3 is 2.86 bits per heavy atom. The lowest BCUT2D eigenvalue weighted by Crippen LogP contribution is -2.13. The molecular weight excluding hydrogens is 278 g/mol. The van der Waals surface area contributed by atoms with Crippen LogP contribution in [-0.2, 0) is 0 Å². The van der Waals surface area contributed by atoms with Crippen molar-refractivity contribution in [2.24, 2.45) is 0 Å². The van der Waals surface area contributed by atoms with Gasteiger partial charge in [-0.2, -0.15) is 0 Å². The number of amides is 1. The molecule has 106 valence electrons. The van der Waals surface area contributed by atoms with E-state index in [2.05, 4.69) is 22.1 Å². The lowest BCUT2D eigenvalue weighted by Gasteiger charge is -2.06. The van der Waals surface area contributed by atoms with Gasteiger partial charge in [-0.25, -0.2) is 8.78 Å². The first-order valence-electron chi connectivity index (χ1n) is 5.91. The van der Waals surface area contributed by atoms with Gasteiger partial charge >= 0.3 is 0 Å². The SMILES string of the molecule is O=C(Nc1cc(F)ccc1F)c1cncc(C#CCO)c1. The van der Waals surface area contributed by atoms with Gasteiger partial charge in [-0.05, 0) is 18.2 Å². The second-order valence-corrected chi connectivity index (χ2v) is 4.00. The quantitative estimate of drug-likeness (QED) is 0.830. The maximum atomic E-state index is 13.4. The van der Waals surface area contributed by atoms with E-state index in [1.54, 1.807) is 0 Å². The predicted octanol–water partition coefficient (Wildman–Crippen LogP) is 1.96. The Morgan fingerprint density at radius 2 is 2.10 bits per heavy atom. The summed E-state index contributed by atoms with van der Waals surface area (Å²) < 4.78 is 26.5. The van der Waals surface area contributed by atoms with Gasteiger partial charge in [-0.3, -0.25) is 9.78 Å². The molecule has 1 aromatic carbocycles. The fraction of sp³-hybridized carbons (Fsp3) is 0.0667. The van der Waals surface area contributed by atoms with Crippen LogP contribution in [-0.4, -0.2) is 22.6 Å². The number of hydrogen-bond donors (Lipinski definition) is 2. The van der Waals surface area contributed by atoms with E-state index in [1.807, 2.05) is 0 Å². The molecule has 6 heteroatoms. The molecule has 2 aromatic rings. The summed E-state index contributed by atoms with van der Waals surface area (Å²) in [5.74, 6) is 2.98. The predicted molar refractivity (Wildman–Crippen MR) is 72.5 cm³/mol. The summed E-state index contributed by atoms with van der Waals surface area (Å²) in [4.78, 5) is 15.8. The zero-order valence-electron chi connectivity index (χ0n) is 10.7. The number of benzene rings is 1. The third-order valence-electron chi connectivity index (χ3n) is 2.49. The molecule has 0 aliphatic carbocycles. The molecule has 2 rings (SSSR count). The van der Waals surface area contributed by atoms with Crippen LogP contribution >= 0.6 is 0 Å². The molecule has 0 saturated carbocycles. The van der Waals surface area contributed by atoms with Gasteiger partial charge in [0.2, 0.25) is 0 Å². The minimum absolute atomic E-state index is 0.142. The molecule has 0 aliphatic heterocycles. The maximum absolute atomic E-state index is 13.4. The van der Waals surface area contributed by atoms with Crippen LogP contribution in [0.1, 0.15) is 15.9 Å². The van der Waals surface area contributed by atoms with E-state index in [4.69, 9.17) is 5.11 Å². The van der Waals surface area contributed by atoms with E-state index in [0.29, 0.717) is 5.56 Å². The monoisotopic (exact) mass is 288 g/mol. The van der Waals surface area contributed by atoms with Crippen LogP contribution in [0.25, 0.3) is 0 Å². The van der Waals surface area contributed by atoms with E-state index in [-0.39, 0.29) is 17.9 Å². The fourth-order valence-corrected chi connectivity index (χ4v) is 1.56. The van der Waals surface area contributed by atoms with Gasteiger partial charge in [0.25, 0.3) is 5.91 Å². The first-order chi connectivity index (χ1) is 10.1. The standard InChI is InChI=1S/C15H10F2N2O2/c16-12-3-4-13(17)14(7-12)19-15(21)11-6-10(2-1-5-20)8-18-9-11/h3-4,6-9,20H,5H2,(H,19,21). The van der Waals surface area contributed by atoms with Crippen molar-refractivity contribution >= 4 is 11.6 Å². The van der Waals surface area contributed by atoms with Gasteiger partial charge in [-0.15, -0.1) is 0 Å². The molecule has 0 saturated heterocycles. The summed E-state index contributed by atoms with van der Waals surface area (Å²) in [5.41, 5.74) is 0.312. The van der Waals surface area contributed by atoms with Crippen LogP contribution in [0.2, 0.25) is 0 Å². The van der Waals surface area contributed by atoms with E-state index in [1.165, 1.54) is 18.5 Å². The average Bonchev–Trinajstić information content (AvgIpc) is 2.49. The Kier molecular flexibility index (Phi) is 4.59. The van der Waals surface area contributed by atoms with Gasteiger partial charge in [0.1, 0.15) is 18.2 Å². The average molecular weight is 288 g/mol. The zero-order chi connectivity index (χ0) is 15.2. The van der Waals surface area contributed by atoms with Crippen molar-refractivity contribution in [3.05, 3.63) is 59.4 Å². The Bertz CT molecular complexity index is 736. The van der Waals surface area contributed by atoms with Gasteiger partial charge in [0.05, 0.1) is 11.3 Å². The molecule has 0 atom stereocenters. The number of aliphatic hydroxyl groups is 1. The molecule has 0 radical (unpaired) electrons. The number of pyridine rings is 1. The number of halogens is 2. The van der Waals surface area contributed by atoms with Gasteiger partial charge in [0.15, 0.2) is 0 Å². The Morgan fingerprint density at radius 1 is 1.29 bits per heavy atom. The summed E-state index contributed by atoms with van der Waals surface area (Å²) >= 11 is 0. The molecule has 2 N–H and O–H groups in total. The topological polar surface area (TPSA) is 62.2 Å². The number of nitrogens with zero attached hydrogens (tertiary/aromatic N) is 1. The van der Waals surface area contributed by atoms with Crippen LogP contribution in [0, 0.1) is 23.5 Å². The molecule has 0 fully saturated rings. The van der Waals surface area contributed by atoms with Crippen molar-refractivity contribution < 1.29 is 18.7 Å². The van der Waals surface area contributed by atoms with Crippen LogP contribution in [0.3, 0.4) is 0 Å². The summed E-state index contributed by atoms with van der Waals surface area (Å²) in [6.45, 7) is -0.315. The number of rotatable bonds is 2. The second-order valence-electron chi connectivity index (χ2n) is 4.00. The smallest absolute Gasteiger partial charge is 0.257 e. The molecule has 4 nitrogen and oxygen atoms in total. The van der Waals surface area contributed by atoms with Crippen molar-refractivity contribution in [1.29, 1.82) is 0 Å². The van der Waals surface area contributed by atoms with Crippen molar-refractivity contribution in [3.8, 4) is 11.8 Å². The molecule has 0 unspecified atom stereocenters. The van der Waals surface area contributed by atoms with Gasteiger partial charge < -0.3 is 10.4 Å². The molecular formula is C15H10F2N2O2. The molecule has 0 spiro atoms. The molecule has 0 aliphatic rings. The molecule has 1 heterocycles. The largest absolute Gasteiger partial charge is 0.384 e. The van der Waals surface area contributed by atoms with Crippen LogP contribution in [0.15, 0.2) is 36.7 Å². The molecule has 0 bridgehead atoms. The van der Waals surface area contributed by atoms with Gasteiger partial charge in [0, 0.05) is 24.0 Å². The second kappa shape index (κ2) is 6.59. The highest BCUT2D eigenvalue weighted by atomic mass is 19.1. The minimum Gasteiger partial charge on any atom is -0.384 e. The third kappa shape index (κ3) is 3.84. The summed E-state index contributed by atoms with van der Waals surface area (Å²) in [7, 11) is 0. The van der Waals surface area contributed by atoms with Crippen molar-refractivity contribution in [2.45, 2.75) is 0 Å². The number of nitrogens with one attached hydrogen (secondary N) is 1. The number of carbonyl (C=O) groups excluding carboxylic acids is 1. The number of anilines is 1. The van der Waals surface area contributed by atoms with E-state index < -0.39 is 17.5 Å². The fourth-order valence-electron chi connectivity index (χ4n) is 1.56. The summed E-state index contributed by atoms with van der Waals surface area (Å²) in [6, 6.07) is 4.20. The first-order valence-corrected chi connectivity index (χ1v) is 5.91. The van der Waals surface area contributed by atoms with E-state index >= 15 is 0 Å². The number of carbonyl (C=O) groups is 1. The number of aliphatic hydroxyl groups excluding tert-OH is 1. The first kappa shape index (κ1) is 14.6. The van der Waals surface area contributed by atoms with E-state index in [0.717, 1.165) is 18.2 Å². The maximum Gasteiger partial charge on any atom is 0.257 e. The number of hydrogen-bond acceptors (Lipinski definition) is 3. The van der Waals surface area contributed by atoms with Crippen molar-refractivity contribution in [1.82, 2.24) is 4.98 Å². The lowest BCUT2D eigenvalue weighted by molar-refractivity contribution is 0.102. The normalized spacial score (nSPS) is 9.67. The summed E-state index contributed by atoms with van der Waals surface area (Å²) in [5, 5.41) is 10.9. The van der Waals surface area contributed by atoms with Crippen LogP contribution in [0.5, 0.6) is 0 Å². The molecule has 1 amide bonds. The highest BCUT2D eigenvalue weighted by molar-refractivity contribution is 6.04. The Hall–Kier alpha value is -2.78. The Labute approximate surface area is 119 Å². The van der Waals surface area contributed by atoms with Gasteiger partial charge in [-0.1, -0.05) is 11.8 Å². The third-order valence-corrected chi connectivity index (χ3v) is 2.49. The van der Waals surface area contributed by atoms with Crippen LogP contribution < -0.4 is 5.32 Å². The highest BCUT2D eigenvalue weighted by Crippen LogP contribution is 2.16. The molecule has 21 heavy (non-hydrogen) atoms. The van der Waals surface area contributed by atoms with E-state index in [9.17, 15) is 13.6 Å². The highest BCUT2D eigenvalue weighted by Gasteiger charge is 2.11. The number of aromatic nitrogens is 1. The summed E-state index contributed by atoms with van der Waals surface area (Å²) in [6.07, 6.45) is 2.69. The Balaban J connectivity index is 2.22. The molecule has 1 aromatic heterocycles. The van der Waals surface area contributed by atoms with Crippen LogP contribution in [0.4, 0.5) is 14.5 Å². The zero-order valence-corrected chi connectivity index (χ0v) is 10.7. The van der Waals surface area contributed by atoms with Crippen molar-refractivity contribution in [3.63, 3.8) is 0 Å². The lowest BCUT2D eigenvalue weighted by atomic mass is 10.2.